The van der Waals surface area contributed by atoms with Crippen molar-refractivity contribution in [3.63, 3.8) is 0 Å². The van der Waals surface area contributed by atoms with Gasteiger partial charge in [-0.3, -0.25) is 9.48 Å². The topological polar surface area (TPSA) is 81.3 Å². The fourth-order valence-electron chi connectivity index (χ4n) is 3.76. The van der Waals surface area contributed by atoms with E-state index in [2.05, 4.69) is 20.3 Å². The average Bonchev–Trinajstić information content (AvgIpc) is 3.38. The number of nitrogens with zero attached hydrogens (tertiary/aromatic N) is 7. The van der Waals surface area contributed by atoms with Crippen LogP contribution >= 0.6 is 23.2 Å². The molecule has 3 aromatic rings. The lowest BCUT2D eigenvalue weighted by Gasteiger charge is -2.41. The van der Waals surface area contributed by atoms with Crippen molar-refractivity contribution in [2.45, 2.75) is 26.4 Å². The molecular weight excluding hydrogens is 441 g/mol. The quantitative estimate of drug-likeness (QED) is 0.578. The van der Waals surface area contributed by atoms with Gasteiger partial charge in [-0.2, -0.15) is 9.78 Å². The van der Waals surface area contributed by atoms with Crippen LogP contribution in [0.1, 0.15) is 12.6 Å². The smallest absolute Gasteiger partial charge is 0.244 e. The first-order valence-corrected chi connectivity index (χ1v) is 10.6. The van der Waals surface area contributed by atoms with Crippen LogP contribution < -0.4 is 9.64 Å². The molecule has 0 unspecified atom stereocenters. The van der Waals surface area contributed by atoms with Crippen LogP contribution in [0.3, 0.4) is 0 Å². The van der Waals surface area contributed by atoms with Crippen molar-refractivity contribution in [1.82, 2.24) is 29.7 Å². The van der Waals surface area contributed by atoms with Gasteiger partial charge < -0.3 is 14.5 Å². The van der Waals surface area contributed by atoms with Crippen molar-refractivity contribution >= 4 is 34.8 Å². The molecule has 11 heteroatoms. The number of halogens is 2. The minimum absolute atomic E-state index is 0.00626. The van der Waals surface area contributed by atoms with Gasteiger partial charge in [-0.05, 0) is 26.0 Å². The van der Waals surface area contributed by atoms with E-state index in [0.29, 0.717) is 46.9 Å². The lowest BCUT2D eigenvalue weighted by Crippen LogP contribution is -2.54. The first-order valence-electron chi connectivity index (χ1n) is 9.86. The number of carbonyl (C=O) groups is 1. The number of carbonyl (C=O) groups excluding carboxylic acids is 1. The van der Waals surface area contributed by atoms with E-state index in [1.165, 1.54) is 4.68 Å². The Morgan fingerprint density at radius 3 is 2.77 bits per heavy atom. The van der Waals surface area contributed by atoms with Crippen molar-refractivity contribution in [2.75, 3.05) is 31.6 Å². The molecule has 2 aromatic heterocycles. The number of amides is 1. The van der Waals surface area contributed by atoms with Gasteiger partial charge in [-0.1, -0.05) is 28.4 Å². The van der Waals surface area contributed by atoms with Gasteiger partial charge in [0.15, 0.2) is 5.82 Å². The summed E-state index contributed by atoms with van der Waals surface area (Å²) in [5.41, 5.74) is 1.73. The van der Waals surface area contributed by atoms with Crippen LogP contribution in [0.25, 0.3) is 5.82 Å². The highest BCUT2D eigenvalue weighted by Gasteiger charge is 2.29. The zero-order chi connectivity index (χ0) is 22.1. The van der Waals surface area contributed by atoms with Gasteiger partial charge in [0.2, 0.25) is 5.91 Å². The van der Waals surface area contributed by atoms with E-state index in [0.717, 1.165) is 5.69 Å². The molecule has 1 aliphatic heterocycles. The molecule has 0 bridgehead atoms. The predicted octanol–water partition coefficient (Wildman–Crippen LogP) is 2.82. The molecule has 1 amide bonds. The summed E-state index contributed by atoms with van der Waals surface area (Å²) in [6, 6.07) is 5.75. The van der Waals surface area contributed by atoms with Gasteiger partial charge in [0.1, 0.15) is 17.3 Å². The van der Waals surface area contributed by atoms with E-state index in [-0.39, 0.29) is 18.5 Å². The minimum atomic E-state index is -0.00626. The largest absolute Gasteiger partial charge is 0.495 e. The summed E-state index contributed by atoms with van der Waals surface area (Å²) in [6.45, 7) is 6.01. The number of rotatable bonds is 5. The molecule has 9 nitrogen and oxygen atoms in total. The van der Waals surface area contributed by atoms with Crippen molar-refractivity contribution in [2.24, 2.45) is 0 Å². The summed E-state index contributed by atoms with van der Waals surface area (Å²) in [4.78, 5) is 17.2. The number of ether oxygens (including phenoxy) is 1. The number of benzene rings is 1. The Bertz CT molecular complexity index is 1080. The second-order valence-electron chi connectivity index (χ2n) is 7.43. The maximum Gasteiger partial charge on any atom is 0.244 e. The maximum atomic E-state index is 13.1. The Hall–Kier alpha value is -2.78. The number of methoxy groups -OCH3 is 1. The molecule has 1 atom stereocenters. The van der Waals surface area contributed by atoms with Crippen LogP contribution in [0.2, 0.25) is 10.0 Å². The molecule has 0 saturated carbocycles. The summed E-state index contributed by atoms with van der Waals surface area (Å²) in [5, 5.41) is 13.2. The Labute approximate surface area is 190 Å². The monoisotopic (exact) mass is 463 g/mol. The summed E-state index contributed by atoms with van der Waals surface area (Å²) >= 11 is 12.5. The van der Waals surface area contributed by atoms with Crippen molar-refractivity contribution in [3.8, 4) is 11.6 Å². The van der Waals surface area contributed by atoms with Crippen LogP contribution in [0.5, 0.6) is 5.75 Å². The van der Waals surface area contributed by atoms with Gasteiger partial charge in [0.25, 0.3) is 0 Å². The first kappa shape index (κ1) is 21.5. The number of aromatic nitrogens is 5. The summed E-state index contributed by atoms with van der Waals surface area (Å²) in [6.07, 6.45) is 3.21. The van der Waals surface area contributed by atoms with Crippen molar-refractivity contribution in [1.29, 1.82) is 0 Å². The molecule has 0 radical (unpaired) electrons. The fourth-order valence-corrected chi connectivity index (χ4v) is 4.17. The summed E-state index contributed by atoms with van der Waals surface area (Å²) in [5.74, 6) is 1.09. The Morgan fingerprint density at radius 1 is 1.29 bits per heavy atom. The fraction of sp³-hybridized carbons (Fsp3) is 0.400. The van der Waals surface area contributed by atoms with Gasteiger partial charge in [0.05, 0.1) is 30.2 Å². The zero-order valence-corrected chi connectivity index (χ0v) is 19.0. The van der Waals surface area contributed by atoms with Crippen molar-refractivity contribution in [3.05, 3.63) is 46.3 Å². The standard InChI is InChI=1S/C20H23Cl2N7O2/c1-13-11-26(15-4-5-16(21)17(10-15)31-3)8-9-27(13)18(30)12-29-14(2)19(22)20(24-29)28-7-6-23-25-28/h4-7,10,13H,8-9,11-12H2,1-3H3/t13-/m0/s1. The van der Waals surface area contributed by atoms with E-state index in [9.17, 15) is 4.79 Å². The summed E-state index contributed by atoms with van der Waals surface area (Å²) in [7, 11) is 1.60. The van der Waals surface area contributed by atoms with Crippen LogP contribution in [0, 0.1) is 6.92 Å². The van der Waals surface area contributed by atoms with E-state index in [1.54, 1.807) is 24.2 Å². The molecule has 1 aliphatic rings. The number of hydrogen-bond donors (Lipinski definition) is 0. The lowest BCUT2D eigenvalue weighted by atomic mass is 10.1. The van der Waals surface area contributed by atoms with E-state index in [4.69, 9.17) is 27.9 Å². The molecule has 1 fully saturated rings. The maximum absolute atomic E-state index is 13.1. The van der Waals surface area contributed by atoms with E-state index < -0.39 is 0 Å². The lowest BCUT2D eigenvalue weighted by molar-refractivity contribution is -0.134. The summed E-state index contributed by atoms with van der Waals surface area (Å²) < 4.78 is 8.43. The number of hydrogen-bond acceptors (Lipinski definition) is 6. The number of anilines is 1. The second-order valence-corrected chi connectivity index (χ2v) is 8.21. The van der Waals surface area contributed by atoms with Gasteiger partial charge >= 0.3 is 0 Å². The third kappa shape index (κ3) is 4.20. The normalized spacial score (nSPS) is 16.6. The molecule has 0 N–H and O–H groups in total. The van der Waals surface area contributed by atoms with Crippen LogP contribution in [-0.2, 0) is 11.3 Å². The molecule has 0 aliphatic carbocycles. The van der Waals surface area contributed by atoms with E-state index in [1.807, 2.05) is 36.9 Å². The molecule has 1 aromatic carbocycles. The molecule has 31 heavy (non-hydrogen) atoms. The molecule has 0 spiro atoms. The SMILES string of the molecule is COc1cc(N2CCN(C(=O)Cn3nc(-n4ccnn4)c(Cl)c3C)[C@@H](C)C2)ccc1Cl. The highest BCUT2D eigenvalue weighted by Crippen LogP contribution is 2.30. The zero-order valence-electron chi connectivity index (χ0n) is 17.5. The molecule has 4 rings (SSSR count). The van der Waals surface area contributed by atoms with Crippen LogP contribution in [0.4, 0.5) is 5.69 Å². The Kier molecular flexibility index (Phi) is 6.06. The van der Waals surface area contributed by atoms with Gasteiger partial charge in [-0.25, -0.2) is 0 Å². The third-order valence-corrected chi connectivity index (χ3v) is 6.24. The molecule has 3 heterocycles. The number of piperazine rings is 1. The third-order valence-electron chi connectivity index (χ3n) is 5.49. The van der Waals surface area contributed by atoms with Crippen molar-refractivity contribution < 1.29 is 9.53 Å². The first-order chi connectivity index (χ1) is 14.9. The molecule has 164 valence electrons. The van der Waals surface area contributed by atoms with Crippen LogP contribution in [-0.4, -0.2) is 68.4 Å². The Morgan fingerprint density at radius 2 is 2.10 bits per heavy atom. The van der Waals surface area contributed by atoms with Gasteiger partial charge in [-0.15, -0.1) is 5.10 Å². The van der Waals surface area contributed by atoms with E-state index >= 15 is 0 Å². The van der Waals surface area contributed by atoms with Crippen LogP contribution in [0.15, 0.2) is 30.6 Å². The molecular formula is C20H23Cl2N7O2. The highest BCUT2D eigenvalue weighted by atomic mass is 35.5. The average molecular weight is 464 g/mol. The van der Waals surface area contributed by atoms with Gasteiger partial charge in [0, 0.05) is 37.4 Å². The molecule has 1 saturated heterocycles. The second kappa shape index (κ2) is 8.76. The Balaban J connectivity index is 1.45. The highest BCUT2D eigenvalue weighted by molar-refractivity contribution is 6.33. The predicted molar refractivity (Wildman–Crippen MR) is 118 cm³/mol. The minimum Gasteiger partial charge on any atom is -0.495 e.